The van der Waals surface area contributed by atoms with Crippen LogP contribution in [0.3, 0.4) is 0 Å². The van der Waals surface area contributed by atoms with E-state index in [4.69, 9.17) is 9.84 Å². The van der Waals surface area contributed by atoms with Crippen molar-refractivity contribution in [3.05, 3.63) is 17.0 Å². The molecule has 0 saturated carbocycles. The van der Waals surface area contributed by atoms with E-state index in [1.54, 1.807) is 0 Å². The number of methoxy groups -OCH3 is 1. The van der Waals surface area contributed by atoms with Crippen LogP contribution in [-0.2, 0) is 27.3 Å². The van der Waals surface area contributed by atoms with Gasteiger partial charge in [-0.05, 0) is 19.8 Å². The number of hydrogen-bond acceptors (Lipinski definition) is 4. The van der Waals surface area contributed by atoms with Crippen molar-refractivity contribution in [2.45, 2.75) is 40.7 Å². The Labute approximate surface area is 137 Å². The molecule has 23 heavy (non-hydrogen) atoms. The molecule has 0 radical (unpaired) electrons. The third-order valence-electron chi connectivity index (χ3n) is 3.64. The Kier molecular flexibility index (Phi) is 7.22. The van der Waals surface area contributed by atoms with Gasteiger partial charge >= 0.3 is 5.97 Å². The number of amides is 1. The molecule has 0 unspecified atom stereocenters. The number of aryl methyl sites for hydroxylation is 1. The zero-order valence-corrected chi connectivity index (χ0v) is 14.6. The minimum absolute atomic E-state index is 0.159. The Morgan fingerprint density at radius 2 is 2.00 bits per heavy atom. The van der Waals surface area contributed by atoms with Gasteiger partial charge < -0.3 is 14.7 Å². The van der Waals surface area contributed by atoms with E-state index in [1.165, 1.54) is 12.0 Å². The van der Waals surface area contributed by atoms with E-state index in [-0.39, 0.29) is 25.4 Å². The molecule has 1 aromatic rings. The smallest absolute Gasteiger partial charge is 0.323 e. The summed E-state index contributed by atoms with van der Waals surface area (Å²) < 4.78 is 6.86. The van der Waals surface area contributed by atoms with Crippen molar-refractivity contribution >= 4 is 11.9 Å². The molecule has 1 aromatic heterocycles. The van der Waals surface area contributed by atoms with Crippen molar-refractivity contribution in [1.82, 2.24) is 14.7 Å². The van der Waals surface area contributed by atoms with E-state index in [1.807, 2.05) is 18.5 Å². The summed E-state index contributed by atoms with van der Waals surface area (Å²) in [6.07, 6.45) is 0.159. The molecule has 7 nitrogen and oxygen atoms in total. The number of carbonyl (C=O) groups excluding carboxylic acids is 1. The lowest BCUT2D eigenvalue weighted by atomic mass is 10.1. The van der Waals surface area contributed by atoms with Crippen molar-refractivity contribution in [2.75, 3.05) is 26.8 Å². The van der Waals surface area contributed by atoms with Gasteiger partial charge in [0.05, 0.1) is 18.7 Å². The molecule has 0 aliphatic heterocycles. The topological polar surface area (TPSA) is 84.7 Å². The first-order valence-electron chi connectivity index (χ1n) is 7.77. The summed E-state index contributed by atoms with van der Waals surface area (Å²) in [5.74, 6) is -0.792. The molecule has 0 aliphatic carbocycles. The maximum atomic E-state index is 12.5. The molecule has 1 N–H and O–H groups in total. The fourth-order valence-electron chi connectivity index (χ4n) is 2.43. The number of ether oxygens (including phenoxy) is 1. The molecular weight excluding hydrogens is 298 g/mol. The standard InChI is InChI=1S/C16H27N3O4/c1-11(2)9-19-13(4)14(12(3)17-19)8-15(20)18(6-7-23-5)10-16(21)22/h11H,6-10H2,1-5H3,(H,21,22). The number of carboxylic acid groups (broad SMARTS) is 1. The molecule has 0 aliphatic rings. The van der Waals surface area contributed by atoms with Crippen molar-refractivity contribution in [2.24, 2.45) is 5.92 Å². The van der Waals surface area contributed by atoms with E-state index in [0.29, 0.717) is 12.5 Å². The van der Waals surface area contributed by atoms with Gasteiger partial charge in [-0.3, -0.25) is 14.3 Å². The number of rotatable bonds is 9. The highest BCUT2D eigenvalue weighted by molar-refractivity contribution is 5.83. The zero-order chi connectivity index (χ0) is 17.6. The minimum atomic E-state index is -1.03. The van der Waals surface area contributed by atoms with Gasteiger partial charge in [0.2, 0.25) is 5.91 Å². The lowest BCUT2D eigenvalue weighted by molar-refractivity contribution is -0.144. The highest BCUT2D eigenvalue weighted by atomic mass is 16.5. The number of hydrogen-bond donors (Lipinski definition) is 1. The summed E-state index contributed by atoms with van der Waals surface area (Å²) in [4.78, 5) is 24.7. The lowest BCUT2D eigenvalue weighted by Gasteiger charge is -2.20. The predicted octanol–water partition coefficient (Wildman–Crippen LogP) is 1.26. The second-order valence-corrected chi connectivity index (χ2v) is 6.10. The third-order valence-corrected chi connectivity index (χ3v) is 3.64. The minimum Gasteiger partial charge on any atom is -0.480 e. The van der Waals surface area contributed by atoms with E-state index >= 15 is 0 Å². The van der Waals surface area contributed by atoms with Crippen molar-refractivity contribution in [1.29, 1.82) is 0 Å². The van der Waals surface area contributed by atoms with Crippen LogP contribution in [0.25, 0.3) is 0 Å². The summed E-state index contributed by atoms with van der Waals surface area (Å²) >= 11 is 0. The summed E-state index contributed by atoms with van der Waals surface area (Å²) in [6.45, 7) is 9.10. The van der Waals surface area contributed by atoms with Gasteiger partial charge in [0.15, 0.2) is 0 Å². The van der Waals surface area contributed by atoms with Gasteiger partial charge in [0.25, 0.3) is 0 Å². The monoisotopic (exact) mass is 325 g/mol. The fraction of sp³-hybridized carbons (Fsp3) is 0.688. The molecule has 1 rings (SSSR count). The van der Waals surface area contributed by atoms with Crippen LogP contribution < -0.4 is 0 Å². The largest absolute Gasteiger partial charge is 0.480 e. The van der Waals surface area contributed by atoms with E-state index < -0.39 is 5.97 Å². The normalized spacial score (nSPS) is 11.0. The molecule has 130 valence electrons. The summed E-state index contributed by atoms with van der Waals surface area (Å²) in [7, 11) is 1.52. The molecule has 1 heterocycles. The second-order valence-electron chi connectivity index (χ2n) is 6.10. The number of aromatic nitrogens is 2. The van der Waals surface area contributed by atoms with Gasteiger partial charge in [-0.15, -0.1) is 0 Å². The molecular formula is C16H27N3O4. The van der Waals surface area contributed by atoms with E-state index in [2.05, 4.69) is 18.9 Å². The van der Waals surface area contributed by atoms with Crippen LogP contribution >= 0.6 is 0 Å². The van der Waals surface area contributed by atoms with Gasteiger partial charge in [-0.1, -0.05) is 13.8 Å². The number of aliphatic carboxylic acids is 1. The molecule has 1 amide bonds. The summed E-state index contributed by atoms with van der Waals surface area (Å²) in [5, 5.41) is 13.5. The van der Waals surface area contributed by atoms with Crippen molar-refractivity contribution in [3.8, 4) is 0 Å². The number of nitrogens with zero attached hydrogens (tertiary/aromatic N) is 3. The Bertz CT molecular complexity index is 552. The van der Waals surface area contributed by atoms with Crippen LogP contribution in [0.5, 0.6) is 0 Å². The maximum absolute atomic E-state index is 12.5. The van der Waals surface area contributed by atoms with Crippen LogP contribution in [0.2, 0.25) is 0 Å². The number of carbonyl (C=O) groups is 2. The Hall–Kier alpha value is -1.89. The van der Waals surface area contributed by atoms with Crippen LogP contribution in [-0.4, -0.2) is 58.5 Å². The first kappa shape index (κ1) is 19.2. The molecule has 0 saturated heterocycles. The average molecular weight is 325 g/mol. The molecule has 0 fully saturated rings. The Balaban J connectivity index is 2.89. The van der Waals surface area contributed by atoms with Gasteiger partial charge in [-0.25, -0.2) is 0 Å². The first-order valence-corrected chi connectivity index (χ1v) is 7.77. The quantitative estimate of drug-likeness (QED) is 0.739. The van der Waals surface area contributed by atoms with Crippen LogP contribution in [0.1, 0.15) is 30.8 Å². The predicted molar refractivity (Wildman–Crippen MR) is 86.3 cm³/mol. The summed E-state index contributed by atoms with van der Waals surface area (Å²) in [5.41, 5.74) is 2.66. The lowest BCUT2D eigenvalue weighted by Crippen LogP contribution is -2.39. The Morgan fingerprint density at radius 3 is 2.52 bits per heavy atom. The molecule has 0 atom stereocenters. The van der Waals surface area contributed by atoms with Gasteiger partial charge in [0.1, 0.15) is 6.54 Å². The average Bonchev–Trinajstić information content (AvgIpc) is 2.69. The SMILES string of the molecule is COCCN(CC(=O)O)C(=O)Cc1c(C)nn(CC(C)C)c1C. The van der Waals surface area contributed by atoms with Crippen molar-refractivity contribution in [3.63, 3.8) is 0 Å². The fourth-order valence-corrected chi connectivity index (χ4v) is 2.43. The van der Waals surface area contributed by atoms with E-state index in [9.17, 15) is 9.59 Å². The second kappa shape index (κ2) is 8.67. The van der Waals surface area contributed by atoms with E-state index in [0.717, 1.165) is 23.5 Å². The maximum Gasteiger partial charge on any atom is 0.323 e. The molecule has 0 spiro atoms. The number of carboxylic acids is 1. The molecule has 0 aromatic carbocycles. The highest BCUT2D eigenvalue weighted by Crippen LogP contribution is 2.16. The highest BCUT2D eigenvalue weighted by Gasteiger charge is 2.21. The van der Waals surface area contributed by atoms with Crippen LogP contribution in [0, 0.1) is 19.8 Å². The zero-order valence-electron chi connectivity index (χ0n) is 14.6. The third kappa shape index (κ3) is 5.67. The Morgan fingerprint density at radius 1 is 1.35 bits per heavy atom. The van der Waals surface area contributed by atoms with Gasteiger partial charge in [0, 0.05) is 31.5 Å². The molecule has 0 bridgehead atoms. The van der Waals surface area contributed by atoms with Gasteiger partial charge in [-0.2, -0.15) is 5.10 Å². The van der Waals surface area contributed by atoms with Crippen LogP contribution in [0.15, 0.2) is 0 Å². The summed E-state index contributed by atoms with van der Waals surface area (Å²) in [6, 6.07) is 0. The molecule has 7 heteroatoms. The first-order chi connectivity index (χ1) is 10.8. The van der Waals surface area contributed by atoms with Crippen LogP contribution in [0.4, 0.5) is 0 Å². The van der Waals surface area contributed by atoms with Crippen molar-refractivity contribution < 1.29 is 19.4 Å².